The maximum atomic E-state index is 6.25. The van der Waals surface area contributed by atoms with E-state index < -0.39 is 0 Å². The van der Waals surface area contributed by atoms with Gasteiger partial charge in [0.1, 0.15) is 11.3 Å². The van der Waals surface area contributed by atoms with Gasteiger partial charge in [-0.2, -0.15) is 0 Å². The lowest BCUT2D eigenvalue weighted by Crippen LogP contribution is -2.35. The molecule has 2 nitrogen and oxygen atoms in total. The molecule has 0 aliphatic carbocycles. The Morgan fingerprint density at radius 1 is 1.50 bits per heavy atom. The Morgan fingerprint density at radius 3 is 2.75 bits per heavy atom. The van der Waals surface area contributed by atoms with E-state index in [9.17, 15) is 0 Å². The number of nitrogens with zero attached hydrogens (tertiary/aromatic N) is 1. The average molecular weight is 275 g/mol. The van der Waals surface area contributed by atoms with Crippen molar-refractivity contribution in [3.05, 3.63) is 32.6 Å². The van der Waals surface area contributed by atoms with Crippen LogP contribution >= 0.6 is 34.5 Å². The molecule has 0 amide bonds. The largest absolute Gasteiger partial charge is 0.349 e. The number of alkyl halides is 1. The average Bonchev–Trinajstić information content (AvgIpc) is 2.64. The van der Waals surface area contributed by atoms with Crippen molar-refractivity contribution in [2.75, 3.05) is 0 Å². The van der Waals surface area contributed by atoms with Gasteiger partial charge in [0.25, 0.3) is 0 Å². The van der Waals surface area contributed by atoms with Crippen molar-refractivity contribution in [2.24, 2.45) is 4.99 Å². The minimum absolute atomic E-state index is 0.168. The van der Waals surface area contributed by atoms with Crippen molar-refractivity contribution in [1.29, 1.82) is 0 Å². The third kappa shape index (κ3) is 2.26. The van der Waals surface area contributed by atoms with E-state index in [0.717, 1.165) is 32.7 Å². The maximum absolute atomic E-state index is 6.25. The van der Waals surface area contributed by atoms with Gasteiger partial charge in [0.2, 0.25) is 0 Å². The maximum Gasteiger partial charge on any atom is 0.145 e. The first-order valence-corrected chi connectivity index (χ1v) is 6.69. The summed E-state index contributed by atoms with van der Waals surface area (Å²) in [6, 6.07) is 3.82. The Kier molecular flexibility index (Phi) is 3.57. The smallest absolute Gasteiger partial charge is 0.145 e. The predicted octanol–water partition coefficient (Wildman–Crippen LogP) is 4.00. The molecule has 1 aromatic heterocycles. The fourth-order valence-corrected chi connectivity index (χ4v) is 3.08. The molecule has 1 atom stereocenters. The SMILES string of the molecule is CCC1=C(C)N=C(c2ccc(Cl)s2)NC1Cl. The van der Waals surface area contributed by atoms with E-state index >= 15 is 0 Å². The molecular weight excluding hydrogens is 263 g/mol. The van der Waals surface area contributed by atoms with Crippen LogP contribution in [0.25, 0.3) is 0 Å². The molecule has 2 heterocycles. The first-order valence-electron chi connectivity index (χ1n) is 5.06. The predicted molar refractivity (Wildman–Crippen MR) is 71.6 cm³/mol. The van der Waals surface area contributed by atoms with E-state index in [4.69, 9.17) is 23.2 Å². The molecule has 1 aromatic rings. The summed E-state index contributed by atoms with van der Waals surface area (Å²) < 4.78 is 0.758. The van der Waals surface area contributed by atoms with Crippen LogP contribution < -0.4 is 5.32 Å². The first-order chi connectivity index (χ1) is 7.61. The second kappa shape index (κ2) is 4.78. The van der Waals surface area contributed by atoms with Gasteiger partial charge in [-0.3, -0.25) is 0 Å². The molecule has 0 spiro atoms. The number of thiophene rings is 1. The summed E-state index contributed by atoms with van der Waals surface area (Å²) in [5, 5.41) is 3.19. The summed E-state index contributed by atoms with van der Waals surface area (Å²) in [6.45, 7) is 4.07. The second-order valence-corrected chi connectivity index (χ2v) is 5.69. The van der Waals surface area contributed by atoms with Gasteiger partial charge in [-0.05, 0) is 31.1 Å². The minimum atomic E-state index is -0.168. The molecular formula is C11H12Cl2N2S. The van der Waals surface area contributed by atoms with Gasteiger partial charge in [0, 0.05) is 5.70 Å². The molecule has 16 heavy (non-hydrogen) atoms. The van der Waals surface area contributed by atoms with E-state index in [-0.39, 0.29) is 5.50 Å². The molecule has 0 aromatic carbocycles. The van der Waals surface area contributed by atoms with Crippen LogP contribution in [-0.2, 0) is 0 Å². The molecule has 1 N–H and O–H groups in total. The molecule has 0 radical (unpaired) electrons. The van der Waals surface area contributed by atoms with Crippen LogP contribution in [0.5, 0.6) is 0 Å². The fourth-order valence-electron chi connectivity index (χ4n) is 1.67. The van der Waals surface area contributed by atoms with Gasteiger partial charge in [-0.15, -0.1) is 11.3 Å². The fraction of sp³-hybridized carbons (Fsp3) is 0.364. The lowest BCUT2D eigenvalue weighted by Gasteiger charge is -2.23. The standard InChI is InChI=1S/C11H12Cl2N2S/c1-3-7-6(2)14-11(15-10(7)13)8-4-5-9(12)16-8/h4-5,10H,3H2,1-2H3,(H,14,15). The lowest BCUT2D eigenvalue weighted by atomic mass is 10.1. The van der Waals surface area contributed by atoms with E-state index in [1.165, 1.54) is 11.3 Å². The van der Waals surface area contributed by atoms with Crippen molar-refractivity contribution >= 4 is 40.4 Å². The summed E-state index contributed by atoms with van der Waals surface area (Å²) in [5.74, 6) is 0.812. The van der Waals surface area contributed by atoms with Crippen molar-refractivity contribution in [3.8, 4) is 0 Å². The zero-order valence-corrected chi connectivity index (χ0v) is 11.4. The van der Waals surface area contributed by atoms with Gasteiger partial charge >= 0.3 is 0 Å². The van der Waals surface area contributed by atoms with Crippen LogP contribution in [0.4, 0.5) is 0 Å². The summed E-state index contributed by atoms with van der Waals surface area (Å²) in [4.78, 5) is 5.54. The van der Waals surface area contributed by atoms with Gasteiger partial charge < -0.3 is 5.32 Å². The highest BCUT2D eigenvalue weighted by atomic mass is 35.5. The monoisotopic (exact) mass is 274 g/mol. The number of nitrogens with one attached hydrogen (secondary N) is 1. The molecule has 0 saturated heterocycles. The van der Waals surface area contributed by atoms with Crippen LogP contribution in [0, 0.1) is 0 Å². The van der Waals surface area contributed by atoms with Crippen molar-refractivity contribution in [3.63, 3.8) is 0 Å². The Hall–Kier alpha value is -0.510. The summed E-state index contributed by atoms with van der Waals surface area (Å²) in [5.41, 5.74) is 1.98. The van der Waals surface area contributed by atoms with Crippen molar-refractivity contribution in [2.45, 2.75) is 25.8 Å². The Bertz CT molecular complexity index is 462. The minimum Gasteiger partial charge on any atom is -0.349 e. The summed E-state index contributed by atoms with van der Waals surface area (Å²) in [7, 11) is 0. The zero-order valence-electron chi connectivity index (χ0n) is 9.05. The number of allylic oxidation sites excluding steroid dienone is 1. The van der Waals surface area contributed by atoms with Crippen LogP contribution in [-0.4, -0.2) is 11.3 Å². The topological polar surface area (TPSA) is 24.4 Å². The van der Waals surface area contributed by atoms with Crippen LogP contribution in [0.15, 0.2) is 28.4 Å². The first kappa shape index (κ1) is 12.0. The summed E-state index contributed by atoms with van der Waals surface area (Å²) >= 11 is 13.6. The lowest BCUT2D eigenvalue weighted by molar-refractivity contribution is 0.813. The van der Waals surface area contributed by atoms with Crippen molar-refractivity contribution < 1.29 is 0 Å². The Balaban J connectivity index is 2.35. The molecule has 1 unspecified atom stereocenters. The molecule has 86 valence electrons. The third-order valence-electron chi connectivity index (χ3n) is 2.50. The van der Waals surface area contributed by atoms with Gasteiger partial charge in [0.05, 0.1) is 9.21 Å². The van der Waals surface area contributed by atoms with Gasteiger partial charge in [-0.1, -0.05) is 30.1 Å². The number of hydrogen-bond donors (Lipinski definition) is 1. The van der Waals surface area contributed by atoms with E-state index in [0.29, 0.717) is 0 Å². The quantitative estimate of drug-likeness (QED) is 0.640. The van der Waals surface area contributed by atoms with E-state index in [2.05, 4.69) is 17.2 Å². The number of hydrogen-bond acceptors (Lipinski definition) is 3. The number of rotatable bonds is 2. The van der Waals surface area contributed by atoms with Crippen LogP contribution in [0.2, 0.25) is 4.34 Å². The normalized spacial score (nSPS) is 20.8. The van der Waals surface area contributed by atoms with E-state index in [1.807, 2.05) is 19.1 Å². The van der Waals surface area contributed by atoms with E-state index in [1.54, 1.807) is 0 Å². The zero-order chi connectivity index (χ0) is 11.7. The molecule has 1 aliphatic rings. The number of halogens is 2. The summed E-state index contributed by atoms with van der Waals surface area (Å²) in [6.07, 6.45) is 0.912. The molecule has 5 heteroatoms. The highest BCUT2D eigenvalue weighted by molar-refractivity contribution is 7.18. The molecule has 0 bridgehead atoms. The molecule has 0 saturated carbocycles. The van der Waals surface area contributed by atoms with Crippen LogP contribution in [0.1, 0.15) is 25.1 Å². The third-order valence-corrected chi connectivity index (χ3v) is 4.11. The van der Waals surface area contributed by atoms with Gasteiger partial charge in [-0.25, -0.2) is 4.99 Å². The molecule has 2 rings (SSSR count). The second-order valence-electron chi connectivity index (χ2n) is 3.54. The highest BCUT2D eigenvalue weighted by Gasteiger charge is 2.20. The Labute approximate surface area is 109 Å². The molecule has 0 fully saturated rings. The van der Waals surface area contributed by atoms with Crippen molar-refractivity contribution in [1.82, 2.24) is 5.32 Å². The molecule has 1 aliphatic heterocycles. The van der Waals surface area contributed by atoms with Crippen LogP contribution in [0.3, 0.4) is 0 Å². The van der Waals surface area contributed by atoms with Gasteiger partial charge in [0.15, 0.2) is 0 Å². The highest BCUT2D eigenvalue weighted by Crippen LogP contribution is 2.26. The Morgan fingerprint density at radius 2 is 2.25 bits per heavy atom. The number of amidine groups is 1. The number of aliphatic imine (C=N–C) groups is 1.